The van der Waals surface area contributed by atoms with E-state index < -0.39 is 41.5 Å². The average Bonchev–Trinajstić information content (AvgIpc) is 2.85. The third-order valence-electron chi connectivity index (χ3n) is 5.40. The molecule has 0 aromatic heterocycles. The van der Waals surface area contributed by atoms with Gasteiger partial charge in [-0.25, -0.2) is 0 Å². The van der Waals surface area contributed by atoms with E-state index in [0.29, 0.717) is 22.4 Å². The molecule has 0 heterocycles. The number of benzene rings is 3. The van der Waals surface area contributed by atoms with E-state index in [4.69, 9.17) is 15.9 Å². The maximum atomic E-state index is 12.8. The molecule has 3 aromatic rings. The number of hydrogen-bond acceptors (Lipinski definition) is 5. The lowest BCUT2D eigenvalue weighted by atomic mass is 9.94. The van der Waals surface area contributed by atoms with Crippen LogP contribution in [-0.2, 0) is 17.6 Å². The Morgan fingerprint density at radius 2 is 1.78 bits per heavy atom. The molecule has 0 aliphatic heterocycles. The van der Waals surface area contributed by atoms with Gasteiger partial charge >= 0.3 is 12.1 Å². The maximum Gasteiger partial charge on any atom is 0.416 e. The molecule has 0 fully saturated rings. The third kappa shape index (κ3) is 7.73. The van der Waals surface area contributed by atoms with Gasteiger partial charge in [0.15, 0.2) is 0 Å². The normalized spacial score (nSPS) is 11.8. The lowest BCUT2D eigenvalue weighted by Crippen LogP contribution is -2.17. The van der Waals surface area contributed by atoms with Crippen molar-refractivity contribution in [3.63, 3.8) is 0 Å². The van der Waals surface area contributed by atoms with Crippen LogP contribution in [0.5, 0.6) is 11.5 Å². The Balaban J connectivity index is 1.79. The minimum absolute atomic E-state index is 0.107. The van der Waals surface area contributed by atoms with Crippen LogP contribution in [0.15, 0.2) is 66.7 Å². The van der Waals surface area contributed by atoms with E-state index in [-0.39, 0.29) is 19.0 Å². The summed E-state index contributed by atoms with van der Waals surface area (Å²) >= 11 is 0. The molecule has 37 heavy (non-hydrogen) atoms. The summed E-state index contributed by atoms with van der Waals surface area (Å²) in [5, 5.41) is 20.2. The molecule has 192 valence electrons. The molecule has 1 unspecified atom stereocenters. The topological polar surface area (TPSA) is 98.9 Å². The van der Waals surface area contributed by atoms with Crippen LogP contribution in [0.25, 0.3) is 11.1 Å². The van der Waals surface area contributed by atoms with Crippen molar-refractivity contribution in [2.24, 2.45) is 0 Å². The molecule has 0 bridgehead atoms. The van der Waals surface area contributed by atoms with E-state index in [1.807, 2.05) is 0 Å². The van der Waals surface area contributed by atoms with Crippen molar-refractivity contribution in [3.05, 3.63) is 93.5 Å². The van der Waals surface area contributed by atoms with Crippen LogP contribution in [0.1, 0.15) is 29.0 Å². The molecule has 7 nitrogen and oxygen atoms in total. The number of nitrogens with zero attached hydrogens (tertiary/aromatic N) is 1. The molecule has 1 atom stereocenters. The van der Waals surface area contributed by atoms with Gasteiger partial charge in [0.1, 0.15) is 24.7 Å². The molecular weight excluding hydrogens is 491 g/mol. The number of ether oxygens (including phenoxy) is 2. The Morgan fingerprint density at radius 3 is 2.41 bits per heavy atom. The van der Waals surface area contributed by atoms with Crippen molar-refractivity contribution in [3.8, 4) is 35.0 Å². The summed E-state index contributed by atoms with van der Waals surface area (Å²) < 4.78 is 49.9. The molecular formula is C27H22F3NO6. The quantitative estimate of drug-likeness (QED) is 0.198. The first-order valence-electron chi connectivity index (χ1n) is 11.0. The predicted octanol–water partition coefficient (Wildman–Crippen LogP) is 5.80. The van der Waals surface area contributed by atoms with Gasteiger partial charge in [0.25, 0.3) is 0 Å². The molecule has 0 aliphatic rings. The van der Waals surface area contributed by atoms with Crippen molar-refractivity contribution in [1.29, 1.82) is 0 Å². The molecule has 0 spiro atoms. The highest BCUT2D eigenvalue weighted by molar-refractivity contribution is 5.68. The number of rotatable bonds is 11. The fourth-order valence-electron chi connectivity index (χ4n) is 3.71. The van der Waals surface area contributed by atoms with E-state index in [0.717, 1.165) is 17.7 Å². The number of carboxylic acid groups (broad SMARTS) is 1. The number of nitro groups is 1. The van der Waals surface area contributed by atoms with Crippen molar-refractivity contribution >= 4 is 5.97 Å². The van der Waals surface area contributed by atoms with Gasteiger partial charge in [-0.05, 0) is 41.0 Å². The highest BCUT2D eigenvalue weighted by atomic mass is 19.4. The van der Waals surface area contributed by atoms with E-state index >= 15 is 0 Å². The Hall–Kier alpha value is -4.52. The summed E-state index contributed by atoms with van der Waals surface area (Å²) in [6, 6.07) is 16.5. The van der Waals surface area contributed by atoms with E-state index in [1.165, 1.54) is 24.3 Å². The molecule has 0 aliphatic carbocycles. The van der Waals surface area contributed by atoms with Gasteiger partial charge in [0.2, 0.25) is 6.54 Å². The lowest BCUT2D eigenvalue weighted by molar-refractivity contribution is -0.483. The second kappa shape index (κ2) is 11.9. The Labute approximate surface area is 210 Å². The van der Waals surface area contributed by atoms with Crippen molar-refractivity contribution in [1.82, 2.24) is 0 Å². The zero-order valence-corrected chi connectivity index (χ0v) is 19.4. The van der Waals surface area contributed by atoms with Gasteiger partial charge in [0.05, 0.1) is 17.9 Å². The highest BCUT2D eigenvalue weighted by Gasteiger charge is 2.30. The largest absolute Gasteiger partial charge is 0.489 e. The number of alkyl halides is 3. The number of hydrogen-bond donors (Lipinski definition) is 1. The van der Waals surface area contributed by atoms with Crippen LogP contribution in [0, 0.1) is 22.5 Å². The number of halogens is 3. The van der Waals surface area contributed by atoms with Gasteiger partial charge in [0, 0.05) is 16.6 Å². The van der Waals surface area contributed by atoms with Crippen molar-refractivity contribution in [2.45, 2.75) is 25.1 Å². The molecule has 0 saturated carbocycles. The van der Waals surface area contributed by atoms with E-state index in [2.05, 4.69) is 5.92 Å². The first-order chi connectivity index (χ1) is 17.6. The standard InChI is InChI=1S/C27H22F3NO6/c1-2-12-36-25-15-23(10-11-24(25)21(14-26(32)33)16-31(34)35)37-17-18-4-3-5-20(13-18)19-6-8-22(9-7-19)27(28,29)30/h1,3-11,13,15,21H,12,14,16-17H2,(H,32,33). The maximum absolute atomic E-state index is 12.8. The zero-order valence-electron chi connectivity index (χ0n) is 19.4. The SMILES string of the molecule is C#CCOc1cc(OCc2cccc(-c3ccc(C(F)(F)F)cc3)c2)ccc1C(CC(=O)O)C[N+](=O)[O-]. The first-order valence-corrected chi connectivity index (χ1v) is 11.0. The number of carbonyl (C=O) groups is 1. The molecule has 10 heteroatoms. The fraction of sp³-hybridized carbons (Fsp3) is 0.222. The van der Waals surface area contributed by atoms with Crippen LogP contribution < -0.4 is 9.47 Å². The van der Waals surface area contributed by atoms with Crippen molar-refractivity contribution in [2.75, 3.05) is 13.2 Å². The Bertz CT molecular complexity index is 1280. The van der Waals surface area contributed by atoms with Crippen molar-refractivity contribution < 1.29 is 37.5 Å². The smallest absolute Gasteiger partial charge is 0.416 e. The van der Waals surface area contributed by atoms with E-state index in [9.17, 15) is 33.2 Å². The summed E-state index contributed by atoms with van der Waals surface area (Å²) in [5.41, 5.74) is 1.65. The summed E-state index contributed by atoms with van der Waals surface area (Å²) in [6.07, 6.45) is 0.383. The number of aliphatic carboxylic acids is 1. The predicted molar refractivity (Wildman–Crippen MR) is 129 cm³/mol. The Morgan fingerprint density at radius 1 is 1.05 bits per heavy atom. The average molecular weight is 513 g/mol. The second-order valence-electron chi connectivity index (χ2n) is 8.07. The minimum atomic E-state index is -4.41. The summed E-state index contributed by atoms with van der Waals surface area (Å²) in [5.74, 6) is 0.707. The lowest BCUT2D eigenvalue weighted by Gasteiger charge is -2.17. The monoisotopic (exact) mass is 513 g/mol. The highest BCUT2D eigenvalue weighted by Crippen LogP contribution is 2.34. The summed E-state index contributed by atoms with van der Waals surface area (Å²) in [4.78, 5) is 21.7. The Kier molecular flexibility index (Phi) is 8.74. The fourth-order valence-corrected chi connectivity index (χ4v) is 3.71. The third-order valence-corrected chi connectivity index (χ3v) is 5.40. The van der Waals surface area contributed by atoms with Gasteiger partial charge in [-0.3, -0.25) is 14.9 Å². The van der Waals surface area contributed by atoms with Crippen LogP contribution in [0.2, 0.25) is 0 Å². The molecule has 0 saturated heterocycles. The molecule has 0 amide bonds. The summed E-state index contributed by atoms with van der Waals surface area (Å²) in [6.45, 7) is -0.630. The first kappa shape index (κ1) is 27.1. The molecule has 1 N–H and O–H groups in total. The number of terminal acetylenes is 1. The van der Waals surface area contributed by atoms with Gasteiger partial charge in [-0.2, -0.15) is 13.2 Å². The van der Waals surface area contributed by atoms with Gasteiger partial charge in [-0.15, -0.1) is 6.42 Å². The molecule has 3 aromatic carbocycles. The second-order valence-corrected chi connectivity index (χ2v) is 8.07. The van der Waals surface area contributed by atoms with Gasteiger partial charge in [-0.1, -0.05) is 42.3 Å². The molecule has 3 rings (SSSR count). The molecule has 0 radical (unpaired) electrons. The van der Waals surface area contributed by atoms with Crippen LogP contribution in [0.3, 0.4) is 0 Å². The zero-order chi connectivity index (χ0) is 27.0. The number of carboxylic acids is 1. The van der Waals surface area contributed by atoms with Gasteiger partial charge < -0.3 is 14.6 Å². The summed E-state index contributed by atoms with van der Waals surface area (Å²) in [7, 11) is 0. The van der Waals surface area contributed by atoms with Crippen LogP contribution in [-0.4, -0.2) is 29.2 Å². The van der Waals surface area contributed by atoms with Crippen LogP contribution >= 0.6 is 0 Å². The van der Waals surface area contributed by atoms with E-state index in [1.54, 1.807) is 30.3 Å². The van der Waals surface area contributed by atoms with Crippen LogP contribution in [0.4, 0.5) is 13.2 Å². The minimum Gasteiger partial charge on any atom is -0.489 e.